The van der Waals surface area contributed by atoms with Crippen molar-refractivity contribution < 1.29 is 9.53 Å². The summed E-state index contributed by atoms with van der Waals surface area (Å²) in [5.74, 6) is 0.344. The minimum absolute atomic E-state index is 0.0871. The molecular weight excluding hydrogens is 238 g/mol. The highest BCUT2D eigenvalue weighted by Gasteiger charge is 2.50. The fourth-order valence-electron chi connectivity index (χ4n) is 2.63. The molecule has 3 heteroatoms. The molecule has 0 aromatic heterocycles. The van der Waals surface area contributed by atoms with Crippen LogP contribution in [0.4, 0.5) is 0 Å². The Kier molecular flexibility index (Phi) is 4.59. The minimum Gasteiger partial charge on any atom is -0.465 e. The topological polar surface area (TPSA) is 38.3 Å². The van der Waals surface area contributed by atoms with Gasteiger partial charge in [0.2, 0.25) is 0 Å². The lowest BCUT2D eigenvalue weighted by molar-refractivity contribution is -0.152. The molecular formula is C16H23NO2. The lowest BCUT2D eigenvalue weighted by Crippen LogP contribution is -2.54. The third-order valence-corrected chi connectivity index (χ3v) is 3.92. The van der Waals surface area contributed by atoms with Gasteiger partial charge in [0, 0.05) is 6.54 Å². The molecule has 1 aliphatic carbocycles. The third kappa shape index (κ3) is 3.16. The van der Waals surface area contributed by atoms with Crippen molar-refractivity contribution in [3.63, 3.8) is 0 Å². The van der Waals surface area contributed by atoms with Crippen LogP contribution >= 0.6 is 0 Å². The second kappa shape index (κ2) is 6.20. The molecule has 2 rings (SSSR count). The minimum atomic E-state index is -0.494. The number of rotatable bonds is 7. The summed E-state index contributed by atoms with van der Waals surface area (Å²) in [5, 5.41) is 3.47. The Hall–Kier alpha value is -1.35. The molecule has 1 aliphatic rings. The van der Waals surface area contributed by atoms with Gasteiger partial charge in [-0.05, 0) is 37.7 Å². The highest BCUT2D eigenvalue weighted by atomic mass is 16.5. The van der Waals surface area contributed by atoms with E-state index in [1.807, 2.05) is 25.1 Å². The Labute approximate surface area is 115 Å². The van der Waals surface area contributed by atoms with Crippen LogP contribution in [0.1, 0.15) is 38.7 Å². The molecule has 0 saturated heterocycles. The van der Waals surface area contributed by atoms with E-state index in [1.54, 1.807) is 0 Å². The van der Waals surface area contributed by atoms with Crippen molar-refractivity contribution >= 4 is 5.97 Å². The molecule has 0 aliphatic heterocycles. The zero-order chi connectivity index (χ0) is 13.7. The molecule has 1 aromatic carbocycles. The number of hydrogen-bond acceptors (Lipinski definition) is 3. The summed E-state index contributed by atoms with van der Waals surface area (Å²) in [7, 11) is 0. The molecule has 1 aromatic rings. The zero-order valence-corrected chi connectivity index (χ0v) is 11.8. The number of hydrogen-bond donors (Lipinski definition) is 1. The van der Waals surface area contributed by atoms with Gasteiger partial charge in [0.05, 0.1) is 6.61 Å². The van der Waals surface area contributed by atoms with E-state index in [1.165, 1.54) is 5.56 Å². The van der Waals surface area contributed by atoms with Crippen molar-refractivity contribution in [3.8, 4) is 0 Å². The molecule has 1 unspecified atom stereocenters. The van der Waals surface area contributed by atoms with Gasteiger partial charge in [0.15, 0.2) is 0 Å². The van der Waals surface area contributed by atoms with Crippen molar-refractivity contribution in [2.75, 3.05) is 6.61 Å². The fourth-order valence-corrected chi connectivity index (χ4v) is 2.63. The second-order valence-corrected chi connectivity index (χ2v) is 5.16. The molecule has 0 amide bonds. The summed E-state index contributed by atoms with van der Waals surface area (Å²) in [5.41, 5.74) is 0.705. The smallest absolute Gasteiger partial charge is 0.326 e. The molecule has 1 N–H and O–H groups in total. The summed E-state index contributed by atoms with van der Waals surface area (Å²) < 4.78 is 5.29. The number of benzene rings is 1. The SMILES string of the molecule is CCOC(=O)C(CC)(NCc1ccccc1)C1CC1. The van der Waals surface area contributed by atoms with Gasteiger partial charge in [-0.1, -0.05) is 37.3 Å². The lowest BCUT2D eigenvalue weighted by Gasteiger charge is -2.31. The first kappa shape index (κ1) is 14.1. The van der Waals surface area contributed by atoms with Crippen molar-refractivity contribution in [2.45, 2.75) is 45.2 Å². The maximum Gasteiger partial charge on any atom is 0.326 e. The normalized spacial score (nSPS) is 17.8. The molecule has 1 atom stereocenters. The molecule has 104 valence electrons. The van der Waals surface area contributed by atoms with Gasteiger partial charge in [-0.15, -0.1) is 0 Å². The number of carbonyl (C=O) groups excluding carboxylic acids is 1. The first-order valence-electron chi connectivity index (χ1n) is 7.19. The molecule has 0 radical (unpaired) electrons. The average molecular weight is 261 g/mol. The predicted molar refractivity (Wildman–Crippen MR) is 75.7 cm³/mol. The van der Waals surface area contributed by atoms with Crippen LogP contribution in [-0.2, 0) is 16.1 Å². The molecule has 0 spiro atoms. The largest absolute Gasteiger partial charge is 0.465 e. The Morgan fingerprint density at radius 2 is 2.00 bits per heavy atom. The second-order valence-electron chi connectivity index (χ2n) is 5.16. The van der Waals surface area contributed by atoms with Gasteiger partial charge in [0.1, 0.15) is 5.54 Å². The Balaban J connectivity index is 2.07. The maximum absolute atomic E-state index is 12.3. The van der Waals surface area contributed by atoms with Crippen LogP contribution in [0.15, 0.2) is 30.3 Å². The van der Waals surface area contributed by atoms with Crippen LogP contribution in [0.2, 0.25) is 0 Å². The Morgan fingerprint density at radius 3 is 2.53 bits per heavy atom. The third-order valence-electron chi connectivity index (χ3n) is 3.92. The van der Waals surface area contributed by atoms with Crippen molar-refractivity contribution in [3.05, 3.63) is 35.9 Å². The lowest BCUT2D eigenvalue weighted by atomic mass is 9.89. The van der Waals surface area contributed by atoms with Gasteiger partial charge < -0.3 is 4.74 Å². The van der Waals surface area contributed by atoms with E-state index in [-0.39, 0.29) is 5.97 Å². The van der Waals surface area contributed by atoms with E-state index < -0.39 is 5.54 Å². The van der Waals surface area contributed by atoms with Gasteiger partial charge in [0.25, 0.3) is 0 Å². The molecule has 19 heavy (non-hydrogen) atoms. The van der Waals surface area contributed by atoms with E-state index in [0.29, 0.717) is 19.1 Å². The number of nitrogens with one attached hydrogen (secondary N) is 1. The van der Waals surface area contributed by atoms with E-state index in [4.69, 9.17) is 4.74 Å². The van der Waals surface area contributed by atoms with Crippen LogP contribution < -0.4 is 5.32 Å². The summed E-state index contributed by atoms with van der Waals surface area (Å²) in [4.78, 5) is 12.3. The average Bonchev–Trinajstić information content (AvgIpc) is 3.27. The van der Waals surface area contributed by atoms with Crippen LogP contribution in [0.3, 0.4) is 0 Å². The molecule has 1 fully saturated rings. The summed E-state index contributed by atoms with van der Waals surface area (Å²) >= 11 is 0. The van der Waals surface area contributed by atoms with Crippen molar-refractivity contribution in [2.24, 2.45) is 5.92 Å². The number of carbonyl (C=O) groups is 1. The maximum atomic E-state index is 12.3. The first-order valence-corrected chi connectivity index (χ1v) is 7.19. The van der Waals surface area contributed by atoms with Crippen LogP contribution in [0.5, 0.6) is 0 Å². The quantitative estimate of drug-likeness (QED) is 0.767. The van der Waals surface area contributed by atoms with Crippen LogP contribution in [0, 0.1) is 5.92 Å². The standard InChI is InChI=1S/C16H23NO2/c1-3-16(14-10-11-14,15(18)19-4-2)17-12-13-8-6-5-7-9-13/h5-9,14,17H,3-4,10-12H2,1-2H3. The highest BCUT2D eigenvalue weighted by molar-refractivity contribution is 5.81. The van der Waals surface area contributed by atoms with Crippen molar-refractivity contribution in [1.29, 1.82) is 0 Å². The van der Waals surface area contributed by atoms with Gasteiger partial charge in [-0.2, -0.15) is 0 Å². The molecule has 1 saturated carbocycles. The van der Waals surface area contributed by atoms with E-state index in [9.17, 15) is 4.79 Å². The van der Waals surface area contributed by atoms with E-state index in [0.717, 1.165) is 19.3 Å². The predicted octanol–water partition coefficient (Wildman–Crippen LogP) is 2.90. The number of esters is 1. The fraction of sp³-hybridized carbons (Fsp3) is 0.562. The van der Waals surface area contributed by atoms with Gasteiger partial charge in [-0.25, -0.2) is 0 Å². The van der Waals surface area contributed by atoms with E-state index in [2.05, 4.69) is 24.4 Å². The Bertz CT molecular complexity index is 414. The summed E-state index contributed by atoms with van der Waals surface area (Å²) in [6.45, 7) is 5.08. The first-order chi connectivity index (χ1) is 9.23. The zero-order valence-electron chi connectivity index (χ0n) is 11.8. The Morgan fingerprint density at radius 1 is 1.32 bits per heavy atom. The van der Waals surface area contributed by atoms with Crippen LogP contribution in [-0.4, -0.2) is 18.1 Å². The molecule has 3 nitrogen and oxygen atoms in total. The van der Waals surface area contributed by atoms with Gasteiger partial charge >= 0.3 is 5.97 Å². The van der Waals surface area contributed by atoms with Gasteiger partial charge in [-0.3, -0.25) is 10.1 Å². The van der Waals surface area contributed by atoms with Crippen LogP contribution in [0.25, 0.3) is 0 Å². The molecule has 0 heterocycles. The van der Waals surface area contributed by atoms with Crippen molar-refractivity contribution in [1.82, 2.24) is 5.32 Å². The summed E-state index contributed by atoms with van der Waals surface area (Å²) in [6, 6.07) is 10.2. The molecule has 0 bridgehead atoms. The number of ether oxygens (including phenoxy) is 1. The highest BCUT2D eigenvalue weighted by Crippen LogP contribution is 2.42. The van der Waals surface area contributed by atoms with E-state index >= 15 is 0 Å². The monoisotopic (exact) mass is 261 g/mol. The summed E-state index contributed by atoms with van der Waals surface area (Å²) in [6.07, 6.45) is 3.02.